The first kappa shape index (κ1) is 25.8. The molecule has 1 aromatic carbocycles. The number of benzene rings is 1. The summed E-state index contributed by atoms with van der Waals surface area (Å²) < 4.78 is 23.3. The topological polar surface area (TPSA) is 183 Å². The zero-order chi connectivity index (χ0) is 26.3. The van der Waals surface area contributed by atoms with Gasteiger partial charge in [0.2, 0.25) is 5.82 Å². The lowest BCUT2D eigenvalue weighted by molar-refractivity contribution is -0.0610. The van der Waals surface area contributed by atoms with Crippen molar-refractivity contribution in [2.24, 2.45) is 0 Å². The van der Waals surface area contributed by atoms with E-state index in [9.17, 15) is 20.0 Å². The average Bonchev–Trinajstić information content (AvgIpc) is 3.58. The predicted molar refractivity (Wildman–Crippen MR) is 131 cm³/mol. The van der Waals surface area contributed by atoms with E-state index in [1.165, 1.54) is 23.0 Å². The lowest BCUT2D eigenvalue weighted by Crippen LogP contribution is -2.33. The van der Waals surface area contributed by atoms with Gasteiger partial charge in [0, 0.05) is 12.2 Å². The van der Waals surface area contributed by atoms with Gasteiger partial charge in [-0.2, -0.15) is 5.26 Å². The van der Waals surface area contributed by atoms with Crippen LogP contribution in [0, 0.1) is 11.3 Å². The largest absolute Gasteiger partial charge is 0.387 e. The second-order valence-electron chi connectivity index (χ2n) is 9.49. The molecule has 0 radical (unpaired) electrons. The highest BCUT2D eigenvalue weighted by atomic mass is 31.2. The smallest absolute Gasteiger partial charge is 0.350 e. The zero-order valence-corrected chi connectivity index (χ0v) is 20.9. The Bertz CT molecular complexity index is 1360. The van der Waals surface area contributed by atoms with Crippen LogP contribution in [0.5, 0.6) is 0 Å². The number of ether oxygens (including phenoxy) is 2. The summed E-state index contributed by atoms with van der Waals surface area (Å²) in [6.45, 7) is 1.66. The van der Waals surface area contributed by atoms with Gasteiger partial charge >= 0.3 is 7.60 Å². The Morgan fingerprint density at radius 2 is 1.95 bits per heavy atom. The Morgan fingerprint density at radius 1 is 1.22 bits per heavy atom. The summed E-state index contributed by atoms with van der Waals surface area (Å²) in [5.74, 6) is 1.02. The summed E-state index contributed by atoms with van der Waals surface area (Å²) in [6.07, 6.45) is -1.60. The van der Waals surface area contributed by atoms with Gasteiger partial charge in [0.1, 0.15) is 42.2 Å². The molecule has 5 rings (SSSR count). The van der Waals surface area contributed by atoms with E-state index in [0.29, 0.717) is 22.8 Å². The molecule has 3 aromatic rings. The molecule has 2 aromatic heterocycles. The number of hydrogen-bond acceptors (Lipinski definition) is 9. The summed E-state index contributed by atoms with van der Waals surface area (Å²) in [5.41, 5.74) is 2.72. The van der Waals surface area contributed by atoms with Gasteiger partial charge in [-0.1, -0.05) is 24.3 Å². The molecule has 2 fully saturated rings. The highest BCUT2D eigenvalue weighted by Gasteiger charge is 2.44. The van der Waals surface area contributed by atoms with Crippen molar-refractivity contribution >= 4 is 24.4 Å². The van der Waals surface area contributed by atoms with Crippen LogP contribution in [-0.4, -0.2) is 65.8 Å². The molecule has 3 heterocycles. The van der Waals surface area contributed by atoms with Gasteiger partial charge in [0.25, 0.3) is 0 Å². The molecular formula is C24H28N5O7P. The Kier molecular flexibility index (Phi) is 7.04. The van der Waals surface area contributed by atoms with Gasteiger partial charge in [-0.15, -0.1) is 0 Å². The molecule has 0 bridgehead atoms. The number of aliphatic hydroxyl groups is 2. The van der Waals surface area contributed by atoms with E-state index in [2.05, 4.69) is 39.6 Å². The van der Waals surface area contributed by atoms with E-state index in [0.717, 1.165) is 5.56 Å². The molecule has 1 aliphatic carbocycles. The van der Waals surface area contributed by atoms with Gasteiger partial charge in [-0.05, 0) is 42.9 Å². The normalized spacial score (nSPS) is 24.8. The van der Waals surface area contributed by atoms with Crippen LogP contribution in [-0.2, 0) is 14.0 Å². The van der Waals surface area contributed by atoms with Crippen molar-refractivity contribution in [3.63, 3.8) is 0 Å². The molecule has 2 aliphatic rings. The third-order valence-electron chi connectivity index (χ3n) is 6.66. The van der Waals surface area contributed by atoms with Crippen LogP contribution in [0.1, 0.15) is 54.9 Å². The van der Waals surface area contributed by atoms with E-state index in [1.807, 2.05) is 13.0 Å². The second kappa shape index (κ2) is 10.1. The van der Waals surface area contributed by atoms with Crippen LogP contribution < -0.4 is 5.32 Å². The van der Waals surface area contributed by atoms with Gasteiger partial charge in [0.05, 0.1) is 12.0 Å². The van der Waals surface area contributed by atoms with E-state index in [1.54, 1.807) is 12.3 Å². The fourth-order valence-corrected chi connectivity index (χ4v) is 4.89. The van der Waals surface area contributed by atoms with E-state index in [4.69, 9.17) is 19.3 Å². The second-order valence-corrected chi connectivity index (χ2v) is 11.1. The first-order valence-corrected chi connectivity index (χ1v) is 13.7. The van der Waals surface area contributed by atoms with E-state index in [-0.39, 0.29) is 18.5 Å². The molecular weight excluding hydrogens is 501 g/mol. The lowest BCUT2D eigenvalue weighted by Gasteiger charge is -2.19. The van der Waals surface area contributed by atoms with Crippen molar-refractivity contribution in [2.45, 2.75) is 56.3 Å². The number of anilines is 1. The van der Waals surface area contributed by atoms with Crippen LogP contribution in [0.15, 0.2) is 36.5 Å². The number of nitrogens with one attached hydrogen (secondary N) is 1. The molecule has 37 heavy (non-hydrogen) atoms. The number of rotatable bonds is 9. The zero-order valence-electron chi connectivity index (χ0n) is 20.0. The number of aliphatic hydroxyl groups excluding tert-OH is 2. The quantitative estimate of drug-likeness (QED) is 0.256. The molecule has 1 unspecified atom stereocenters. The van der Waals surface area contributed by atoms with Crippen molar-refractivity contribution < 1.29 is 34.0 Å². The van der Waals surface area contributed by atoms with Crippen molar-refractivity contribution in [2.75, 3.05) is 18.3 Å². The van der Waals surface area contributed by atoms with Gasteiger partial charge in [-0.25, -0.2) is 9.97 Å². The SMILES string of the molecule is CC(Nc1nc(C#N)nc2c1ccn2[C@@H]1O[C@H](COCP(=O)(O)O)[C@@H](O)[C@H]1O)c1ccc(C2CC2)cc1. The maximum absolute atomic E-state index is 11.0. The van der Waals surface area contributed by atoms with Crippen LogP contribution in [0.3, 0.4) is 0 Å². The fraction of sp³-hybridized carbons (Fsp3) is 0.458. The monoisotopic (exact) mass is 529 g/mol. The van der Waals surface area contributed by atoms with E-state index >= 15 is 0 Å². The Hall–Kier alpha value is -2.88. The minimum absolute atomic E-state index is 0.0826. The molecule has 196 valence electrons. The molecule has 12 nitrogen and oxygen atoms in total. The summed E-state index contributed by atoms with van der Waals surface area (Å²) in [4.78, 5) is 26.6. The van der Waals surface area contributed by atoms with Crippen molar-refractivity contribution in [3.8, 4) is 6.07 Å². The van der Waals surface area contributed by atoms with Crippen molar-refractivity contribution in [1.82, 2.24) is 14.5 Å². The Labute approximate surface area is 212 Å². The highest BCUT2D eigenvalue weighted by molar-refractivity contribution is 7.51. The summed E-state index contributed by atoms with van der Waals surface area (Å²) in [6, 6.07) is 12.0. The number of nitrogens with zero attached hydrogens (tertiary/aromatic N) is 4. The van der Waals surface area contributed by atoms with Crippen LogP contribution in [0.4, 0.5) is 5.82 Å². The highest BCUT2D eigenvalue weighted by Crippen LogP contribution is 2.40. The maximum atomic E-state index is 11.0. The molecule has 0 spiro atoms. The Morgan fingerprint density at radius 3 is 2.59 bits per heavy atom. The average molecular weight is 529 g/mol. The summed E-state index contributed by atoms with van der Waals surface area (Å²) in [7, 11) is -4.39. The molecule has 5 atom stereocenters. The number of fused-ring (bicyclic) bond motifs is 1. The minimum atomic E-state index is -4.39. The summed E-state index contributed by atoms with van der Waals surface area (Å²) >= 11 is 0. The summed E-state index contributed by atoms with van der Waals surface area (Å²) in [5, 5.41) is 34.6. The van der Waals surface area contributed by atoms with E-state index < -0.39 is 38.5 Å². The maximum Gasteiger partial charge on any atom is 0.350 e. The number of aromatic nitrogens is 3. The third kappa shape index (κ3) is 5.54. The Balaban J connectivity index is 1.38. The van der Waals surface area contributed by atoms with Crippen molar-refractivity contribution in [3.05, 3.63) is 53.5 Å². The molecule has 0 amide bonds. The fourth-order valence-electron chi connectivity index (χ4n) is 4.55. The standard InChI is InChI=1S/C24H28N5O7P/c1-13(14-2-4-15(5-3-14)16-6-7-16)26-22-17-8-9-29(23(17)28-19(10-25)27-22)24-21(31)20(30)18(36-24)11-35-12-37(32,33)34/h2-5,8-9,13,16,18,20-21,24,30-31H,6-7,11-12H2,1H3,(H,26,27,28)(H2,32,33,34)/t13?,18-,20-,21-,24-/m1/s1. The van der Waals surface area contributed by atoms with Gasteiger partial charge in [-0.3, -0.25) is 4.57 Å². The van der Waals surface area contributed by atoms with Crippen LogP contribution in [0.25, 0.3) is 11.0 Å². The van der Waals surface area contributed by atoms with Crippen LogP contribution in [0.2, 0.25) is 0 Å². The number of hydrogen-bond donors (Lipinski definition) is 5. The molecule has 13 heteroatoms. The molecule has 1 aliphatic heterocycles. The first-order chi connectivity index (χ1) is 17.6. The van der Waals surface area contributed by atoms with Crippen LogP contribution >= 0.6 is 7.60 Å². The van der Waals surface area contributed by atoms with Crippen molar-refractivity contribution in [1.29, 1.82) is 5.26 Å². The predicted octanol–water partition coefficient (Wildman–Crippen LogP) is 2.12. The number of nitriles is 1. The molecule has 5 N–H and O–H groups in total. The van der Waals surface area contributed by atoms with Gasteiger partial charge in [0.15, 0.2) is 6.23 Å². The first-order valence-electron chi connectivity index (χ1n) is 11.9. The molecule has 1 saturated carbocycles. The van der Waals surface area contributed by atoms with Gasteiger partial charge < -0.3 is 39.4 Å². The molecule has 1 saturated heterocycles. The third-order valence-corrected chi connectivity index (χ3v) is 7.18. The lowest BCUT2D eigenvalue weighted by atomic mass is 10.0. The minimum Gasteiger partial charge on any atom is -0.387 e.